The Hall–Kier alpha value is -3.70. The van der Waals surface area contributed by atoms with E-state index in [-0.39, 0.29) is 17.6 Å². The van der Waals surface area contributed by atoms with Gasteiger partial charge in [0.2, 0.25) is 0 Å². The van der Waals surface area contributed by atoms with Crippen LogP contribution in [0.3, 0.4) is 0 Å². The van der Waals surface area contributed by atoms with Gasteiger partial charge in [-0.3, -0.25) is 19.7 Å². The molecule has 1 saturated heterocycles. The first-order valence-electron chi connectivity index (χ1n) is 9.15. The zero-order chi connectivity index (χ0) is 20.4. The summed E-state index contributed by atoms with van der Waals surface area (Å²) in [4.78, 5) is 30.7. The number of methoxy groups -OCH3 is 1. The number of likely N-dealkylation sites (tertiary alicyclic amines) is 1. The van der Waals surface area contributed by atoms with Crippen molar-refractivity contribution in [1.82, 2.24) is 19.7 Å². The number of hydrogen-bond acceptors (Lipinski definition) is 5. The molecule has 4 rings (SSSR count). The summed E-state index contributed by atoms with van der Waals surface area (Å²) in [5.74, 6) is -0.0794. The predicted octanol–water partition coefficient (Wildman–Crippen LogP) is 1.63. The molecule has 1 aliphatic heterocycles. The second-order valence-electron chi connectivity index (χ2n) is 6.90. The van der Waals surface area contributed by atoms with Gasteiger partial charge in [-0.1, -0.05) is 12.1 Å². The summed E-state index contributed by atoms with van der Waals surface area (Å²) >= 11 is 0. The van der Waals surface area contributed by atoms with Gasteiger partial charge in [0.25, 0.3) is 11.5 Å². The number of carbonyl (C=O) groups is 1. The SMILES string of the molecule is COC1CN(C(=O)c2ccc(-c3cc(=O)n(Cc4ccc(C#N)cc4)[nH]3)nc2)C1. The monoisotopic (exact) mass is 389 g/mol. The maximum Gasteiger partial charge on any atom is 0.267 e. The number of pyridine rings is 1. The fourth-order valence-corrected chi connectivity index (χ4v) is 3.17. The fourth-order valence-electron chi connectivity index (χ4n) is 3.17. The number of rotatable bonds is 5. The first-order chi connectivity index (χ1) is 14.1. The van der Waals surface area contributed by atoms with E-state index in [2.05, 4.69) is 16.2 Å². The molecule has 0 atom stereocenters. The Labute approximate surface area is 167 Å². The third-order valence-corrected chi connectivity index (χ3v) is 4.97. The molecular weight excluding hydrogens is 370 g/mol. The van der Waals surface area contributed by atoms with Crippen LogP contribution in [-0.2, 0) is 11.3 Å². The number of carbonyl (C=O) groups excluding carboxylic acids is 1. The Morgan fingerprint density at radius 2 is 2.03 bits per heavy atom. The Balaban J connectivity index is 1.47. The van der Waals surface area contributed by atoms with Crippen LogP contribution in [-0.4, -0.2) is 51.9 Å². The van der Waals surface area contributed by atoms with Crippen molar-refractivity contribution in [1.29, 1.82) is 5.26 Å². The van der Waals surface area contributed by atoms with Crippen molar-refractivity contribution >= 4 is 5.91 Å². The van der Waals surface area contributed by atoms with E-state index in [0.29, 0.717) is 42.1 Å². The molecule has 8 heteroatoms. The minimum atomic E-state index is -0.183. The molecular formula is C21H19N5O3. The van der Waals surface area contributed by atoms with E-state index in [1.165, 1.54) is 16.9 Å². The van der Waals surface area contributed by atoms with Gasteiger partial charge in [0.05, 0.1) is 41.2 Å². The summed E-state index contributed by atoms with van der Waals surface area (Å²) in [6, 6.07) is 14.0. The van der Waals surface area contributed by atoms with E-state index in [1.54, 1.807) is 36.3 Å². The van der Waals surface area contributed by atoms with Crippen LogP contribution >= 0.6 is 0 Å². The molecule has 3 aromatic rings. The Kier molecular flexibility index (Phi) is 4.97. The van der Waals surface area contributed by atoms with Crippen molar-refractivity contribution in [3.63, 3.8) is 0 Å². The van der Waals surface area contributed by atoms with Crippen LogP contribution in [0.4, 0.5) is 0 Å². The molecule has 146 valence electrons. The maximum absolute atomic E-state index is 12.4. The lowest BCUT2D eigenvalue weighted by Crippen LogP contribution is -2.54. The molecule has 1 aliphatic rings. The number of benzene rings is 1. The number of hydrogen-bond donors (Lipinski definition) is 1. The highest BCUT2D eigenvalue weighted by Gasteiger charge is 2.31. The van der Waals surface area contributed by atoms with Crippen LogP contribution in [0.5, 0.6) is 0 Å². The molecule has 29 heavy (non-hydrogen) atoms. The summed E-state index contributed by atoms with van der Waals surface area (Å²) in [5, 5.41) is 11.9. The topological polar surface area (TPSA) is 104 Å². The minimum Gasteiger partial charge on any atom is -0.378 e. The predicted molar refractivity (Wildman–Crippen MR) is 105 cm³/mol. The highest BCUT2D eigenvalue weighted by atomic mass is 16.5. The molecule has 0 spiro atoms. The lowest BCUT2D eigenvalue weighted by molar-refractivity contribution is -0.0192. The van der Waals surface area contributed by atoms with Gasteiger partial charge in [-0.25, -0.2) is 4.68 Å². The van der Waals surface area contributed by atoms with Gasteiger partial charge in [0.1, 0.15) is 0 Å². The van der Waals surface area contributed by atoms with Crippen molar-refractivity contribution in [2.75, 3.05) is 20.2 Å². The quantitative estimate of drug-likeness (QED) is 0.714. The molecule has 1 amide bonds. The second-order valence-corrected chi connectivity index (χ2v) is 6.90. The van der Waals surface area contributed by atoms with Gasteiger partial charge in [-0.2, -0.15) is 5.26 Å². The van der Waals surface area contributed by atoms with Crippen molar-refractivity contribution in [2.24, 2.45) is 0 Å². The Morgan fingerprint density at radius 1 is 1.28 bits per heavy atom. The summed E-state index contributed by atoms with van der Waals surface area (Å²) in [7, 11) is 1.64. The summed E-state index contributed by atoms with van der Waals surface area (Å²) in [6.07, 6.45) is 1.63. The third-order valence-electron chi connectivity index (χ3n) is 4.97. The summed E-state index contributed by atoms with van der Waals surface area (Å²) in [6.45, 7) is 1.53. The number of ether oxygens (including phenoxy) is 1. The third kappa shape index (κ3) is 3.81. The minimum absolute atomic E-state index is 0.0794. The number of aromatic nitrogens is 3. The van der Waals surface area contributed by atoms with E-state index in [0.717, 1.165) is 5.56 Å². The number of nitriles is 1. The van der Waals surface area contributed by atoms with Gasteiger partial charge in [-0.05, 0) is 29.8 Å². The second kappa shape index (κ2) is 7.73. The lowest BCUT2D eigenvalue weighted by Gasteiger charge is -2.38. The lowest BCUT2D eigenvalue weighted by atomic mass is 10.1. The van der Waals surface area contributed by atoms with E-state index in [1.807, 2.05) is 12.1 Å². The van der Waals surface area contributed by atoms with Crippen molar-refractivity contribution in [3.05, 3.63) is 75.7 Å². The molecule has 2 aromatic heterocycles. The van der Waals surface area contributed by atoms with Crippen LogP contribution in [0, 0.1) is 11.3 Å². The molecule has 0 saturated carbocycles. The van der Waals surface area contributed by atoms with Crippen LogP contribution in [0.25, 0.3) is 11.4 Å². The van der Waals surface area contributed by atoms with Gasteiger partial charge in [0, 0.05) is 32.5 Å². The van der Waals surface area contributed by atoms with E-state index < -0.39 is 0 Å². The van der Waals surface area contributed by atoms with E-state index in [9.17, 15) is 9.59 Å². The first kappa shape index (κ1) is 18.7. The van der Waals surface area contributed by atoms with E-state index >= 15 is 0 Å². The number of nitrogens with one attached hydrogen (secondary N) is 1. The van der Waals surface area contributed by atoms with Gasteiger partial charge in [0.15, 0.2) is 0 Å². The molecule has 0 radical (unpaired) electrons. The molecule has 0 bridgehead atoms. The number of aromatic amines is 1. The molecule has 1 N–H and O–H groups in total. The Bertz CT molecular complexity index is 1120. The normalized spacial score (nSPS) is 13.7. The van der Waals surface area contributed by atoms with Gasteiger partial charge >= 0.3 is 0 Å². The highest BCUT2D eigenvalue weighted by Crippen LogP contribution is 2.18. The molecule has 8 nitrogen and oxygen atoms in total. The maximum atomic E-state index is 12.4. The zero-order valence-electron chi connectivity index (χ0n) is 15.8. The standard InChI is InChI=1S/C21H19N5O3/c1-29-17-12-25(13-17)21(28)16-6-7-18(23-10-16)19-8-20(27)26(24-19)11-15-4-2-14(9-22)3-5-15/h2-8,10,17,24H,11-13H2,1H3. The van der Waals surface area contributed by atoms with Crippen LogP contribution in [0.2, 0.25) is 0 Å². The fraction of sp³-hybridized carbons (Fsp3) is 0.238. The van der Waals surface area contributed by atoms with Crippen LogP contribution < -0.4 is 5.56 Å². The molecule has 1 fully saturated rings. The number of H-pyrrole nitrogens is 1. The average molecular weight is 389 g/mol. The van der Waals surface area contributed by atoms with Crippen LogP contribution in [0.1, 0.15) is 21.5 Å². The highest BCUT2D eigenvalue weighted by molar-refractivity contribution is 5.94. The first-order valence-corrected chi connectivity index (χ1v) is 9.15. The van der Waals surface area contributed by atoms with Gasteiger partial charge in [-0.15, -0.1) is 0 Å². The van der Waals surface area contributed by atoms with Crippen molar-refractivity contribution in [2.45, 2.75) is 12.6 Å². The molecule has 0 aliphatic carbocycles. The smallest absolute Gasteiger partial charge is 0.267 e. The largest absolute Gasteiger partial charge is 0.378 e. The zero-order valence-corrected chi connectivity index (χ0v) is 15.8. The summed E-state index contributed by atoms with van der Waals surface area (Å²) < 4.78 is 6.66. The van der Waals surface area contributed by atoms with Gasteiger partial charge < -0.3 is 9.64 Å². The van der Waals surface area contributed by atoms with E-state index in [4.69, 9.17) is 10.00 Å². The molecule has 1 aromatic carbocycles. The number of amides is 1. The molecule has 0 unspecified atom stereocenters. The Morgan fingerprint density at radius 3 is 2.66 bits per heavy atom. The average Bonchev–Trinajstić information content (AvgIpc) is 3.08. The van der Waals surface area contributed by atoms with Crippen LogP contribution in [0.15, 0.2) is 53.5 Å². The van der Waals surface area contributed by atoms with Crippen molar-refractivity contribution in [3.8, 4) is 17.5 Å². The number of nitrogens with zero attached hydrogens (tertiary/aromatic N) is 4. The van der Waals surface area contributed by atoms with Crippen molar-refractivity contribution < 1.29 is 9.53 Å². The molecule has 3 heterocycles. The summed E-state index contributed by atoms with van der Waals surface area (Å²) in [5.41, 5.74) is 2.95.